The van der Waals surface area contributed by atoms with Gasteiger partial charge in [-0.3, -0.25) is 4.79 Å². The van der Waals surface area contributed by atoms with Crippen LogP contribution >= 0.6 is 0 Å². The number of imidazole rings is 1. The Kier molecular flexibility index (Phi) is 6.82. The molecule has 0 aliphatic heterocycles. The van der Waals surface area contributed by atoms with Crippen molar-refractivity contribution in [1.29, 1.82) is 0 Å². The highest BCUT2D eigenvalue weighted by Gasteiger charge is 2.10. The van der Waals surface area contributed by atoms with Gasteiger partial charge in [0.2, 0.25) is 5.91 Å². The van der Waals surface area contributed by atoms with Gasteiger partial charge in [-0.15, -0.1) is 0 Å². The lowest BCUT2D eigenvalue weighted by Crippen LogP contribution is -2.28. The van der Waals surface area contributed by atoms with E-state index in [1.54, 1.807) is 0 Å². The number of methoxy groups -OCH3 is 1. The number of aryl methyl sites for hydroxylation is 1. The monoisotopic (exact) mass is 367 g/mol. The average Bonchev–Trinajstić information content (AvgIpc) is 3.04. The molecule has 3 aromatic rings. The minimum absolute atomic E-state index is 0.0926. The largest absolute Gasteiger partial charge is 0.492 e. The number of ether oxygens (including phenoxy) is 2. The second kappa shape index (κ2) is 9.73. The van der Waals surface area contributed by atoms with Crippen LogP contribution in [0.5, 0.6) is 5.75 Å². The SMILES string of the molecule is COCC(=O)NCCCc1nc2ccccc2n1CCOc1ccccc1. The number of rotatable bonds is 10. The number of hydrogen-bond donors (Lipinski definition) is 1. The van der Waals surface area contributed by atoms with Crippen LogP contribution < -0.4 is 10.1 Å². The zero-order chi connectivity index (χ0) is 18.9. The number of benzene rings is 2. The van der Waals surface area contributed by atoms with Crippen molar-refractivity contribution in [2.24, 2.45) is 0 Å². The third-order valence-electron chi connectivity index (χ3n) is 4.24. The van der Waals surface area contributed by atoms with Crippen molar-refractivity contribution < 1.29 is 14.3 Å². The highest BCUT2D eigenvalue weighted by molar-refractivity contribution is 5.77. The molecule has 27 heavy (non-hydrogen) atoms. The summed E-state index contributed by atoms with van der Waals surface area (Å²) in [6.07, 6.45) is 1.60. The Morgan fingerprint density at radius 2 is 1.89 bits per heavy atom. The first kappa shape index (κ1) is 18.9. The summed E-state index contributed by atoms with van der Waals surface area (Å²) in [5, 5.41) is 2.85. The van der Waals surface area contributed by atoms with Gasteiger partial charge in [0.15, 0.2) is 0 Å². The molecule has 1 aromatic heterocycles. The fourth-order valence-electron chi connectivity index (χ4n) is 2.99. The Balaban J connectivity index is 1.61. The number of fused-ring (bicyclic) bond motifs is 1. The molecule has 6 heteroatoms. The molecule has 1 N–H and O–H groups in total. The highest BCUT2D eigenvalue weighted by Crippen LogP contribution is 2.17. The first-order chi connectivity index (χ1) is 13.3. The predicted molar refractivity (Wildman–Crippen MR) is 105 cm³/mol. The van der Waals surface area contributed by atoms with E-state index in [-0.39, 0.29) is 12.5 Å². The Morgan fingerprint density at radius 1 is 1.11 bits per heavy atom. The second-order valence-electron chi connectivity index (χ2n) is 6.22. The van der Waals surface area contributed by atoms with Crippen LogP contribution in [0.2, 0.25) is 0 Å². The lowest BCUT2D eigenvalue weighted by Gasteiger charge is -2.11. The van der Waals surface area contributed by atoms with Crippen LogP contribution in [0.1, 0.15) is 12.2 Å². The van der Waals surface area contributed by atoms with Gasteiger partial charge in [0.05, 0.1) is 17.6 Å². The Labute approximate surface area is 159 Å². The van der Waals surface area contributed by atoms with Crippen LogP contribution in [0.3, 0.4) is 0 Å². The van der Waals surface area contributed by atoms with E-state index in [0.29, 0.717) is 13.2 Å². The molecule has 2 aromatic carbocycles. The van der Waals surface area contributed by atoms with Crippen molar-refractivity contribution in [3.8, 4) is 5.75 Å². The van der Waals surface area contributed by atoms with Crippen molar-refractivity contribution in [2.45, 2.75) is 19.4 Å². The van der Waals surface area contributed by atoms with Crippen LogP contribution in [-0.4, -0.2) is 42.3 Å². The first-order valence-electron chi connectivity index (χ1n) is 9.15. The summed E-state index contributed by atoms with van der Waals surface area (Å²) >= 11 is 0. The number of hydrogen-bond acceptors (Lipinski definition) is 4. The molecule has 3 rings (SSSR count). The number of aromatic nitrogens is 2. The lowest BCUT2D eigenvalue weighted by molar-refractivity contribution is -0.124. The molecule has 1 amide bonds. The number of para-hydroxylation sites is 3. The summed E-state index contributed by atoms with van der Waals surface area (Å²) in [4.78, 5) is 16.2. The van der Waals surface area contributed by atoms with Crippen LogP contribution in [0.15, 0.2) is 54.6 Å². The smallest absolute Gasteiger partial charge is 0.245 e. The molecule has 0 saturated heterocycles. The standard InChI is InChI=1S/C21H25N3O3/c1-26-16-21(25)22-13-7-12-20-23-18-10-5-6-11-19(18)24(20)14-15-27-17-8-3-2-4-9-17/h2-6,8-11H,7,12-16H2,1H3,(H,22,25). The number of carbonyl (C=O) groups is 1. The van der Waals surface area contributed by atoms with E-state index >= 15 is 0 Å². The van der Waals surface area contributed by atoms with Crippen LogP contribution in [-0.2, 0) is 22.5 Å². The predicted octanol–water partition coefficient (Wildman–Crippen LogP) is 2.81. The molecule has 0 aliphatic rings. The van der Waals surface area contributed by atoms with E-state index in [1.165, 1.54) is 7.11 Å². The van der Waals surface area contributed by atoms with Crippen molar-refractivity contribution in [3.05, 3.63) is 60.4 Å². The third-order valence-corrected chi connectivity index (χ3v) is 4.24. The van der Waals surface area contributed by atoms with Gasteiger partial charge in [0.25, 0.3) is 0 Å². The van der Waals surface area contributed by atoms with Crippen molar-refractivity contribution in [2.75, 3.05) is 26.9 Å². The zero-order valence-corrected chi connectivity index (χ0v) is 15.6. The van der Waals surface area contributed by atoms with Crippen molar-refractivity contribution in [3.63, 3.8) is 0 Å². The van der Waals surface area contributed by atoms with Gasteiger partial charge in [-0.1, -0.05) is 30.3 Å². The van der Waals surface area contributed by atoms with E-state index in [1.807, 2.05) is 48.5 Å². The second-order valence-corrected chi connectivity index (χ2v) is 6.22. The maximum absolute atomic E-state index is 11.5. The van der Waals surface area contributed by atoms with Gasteiger partial charge < -0.3 is 19.4 Å². The molecule has 142 valence electrons. The fourth-order valence-corrected chi connectivity index (χ4v) is 2.99. The Morgan fingerprint density at radius 3 is 2.70 bits per heavy atom. The molecular formula is C21H25N3O3. The van der Waals surface area contributed by atoms with Gasteiger partial charge >= 0.3 is 0 Å². The van der Waals surface area contributed by atoms with Gasteiger partial charge in [0.1, 0.15) is 24.8 Å². The molecule has 0 saturated carbocycles. The summed E-state index contributed by atoms with van der Waals surface area (Å²) in [5.74, 6) is 1.78. The molecule has 0 aliphatic carbocycles. The molecule has 0 bridgehead atoms. The first-order valence-corrected chi connectivity index (χ1v) is 9.15. The van der Waals surface area contributed by atoms with Crippen LogP contribution in [0.25, 0.3) is 11.0 Å². The number of nitrogens with one attached hydrogen (secondary N) is 1. The molecule has 0 unspecified atom stereocenters. The zero-order valence-electron chi connectivity index (χ0n) is 15.6. The van der Waals surface area contributed by atoms with E-state index in [4.69, 9.17) is 14.5 Å². The van der Waals surface area contributed by atoms with E-state index in [9.17, 15) is 4.79 Å². The lowest BCUT2D eigenvalue weighted by atomic mass is 10.3. The van der Waals surface area contributed by atoms with Crippen molar-refractivity contribution in [1.82, 2.24) is 14.9 Å². The van der Waals surface area contributed by atoms with E-state index in [0.717, 1.165) is 42.0 Å². The molecule has 6 nitrogen and oxygen atoms in total. The normalized spacial score (nSPS) is 10.9. The van der Waals surface area contributed by atoms with Gasteiger partial charge in [-0.25, -0.2) is 4.98 Å². The van der Waals surface area contributed by atoms with E-state index in [2.05, 4.69) is 16.0 Å². The number of carbonyl (C=O) groups excluding carboxylic acids is 1. The van der Waals surface area contributed by atoms with Gasteiger partial charge in [0, 0.05) is 20.1 Å². The van der Waals surface area contributed by atoms with Crippen LogP contribution in [0, 0.1) is 0 Å². The molecule has 0 radical (unpaired) electrons. The van der Waals surface area contributed by atoms with Crippen LogP contribution in [0.4, 0.5) is 0 Å². The quantitative estimate of drug-likeness (QED) is 0.560. The minimum atomic E-state index is -0.0951. The molecular weight excluding hydrogens is 342 g/mol. The Hall–Kier alpha value is -2.86. The third kappa shape index (κ3) is 5.31. The van der Waals surface area contributed by atoms with Crippen molar-refractivity contribution >= 4 is 16.9 Å². The number of nitrogens with zero attached hydrogens (tertiary/aromatic N) is 2. The van der Waals surface area contributed by atoms with Gasteiger partial charge in [-0.2, -0.15) is 0 Å². The minimum Gasteiger partial charge on any atom is -0.492 e. The summed E-state index contributed by atoms with van der Waals surface area (Å²) in [6, 6.07) is 17.9. The maximum Gasteiger partial charge on any atom is 0.245 e. The Bertz CT molecular complexity index is 861. The summed E-state index contributed by atoms with van der Waals surface area (Å²) < 4.78 is 12.9. The molecule has 0 fully saturated rings. The topological polar surface area (TPSA) is 65.4 Å². The van der Waals surface area contributed by atoms with E-state index < -0.39 is 0 Å². The summed E-state index contributed by atoms with van der Waals surface area (Å²) in [5.41, 5.74) is 2.09. The maximum atomic E-state index is 11.5. The molecule has 1 heterocycles. The molecule has 0 atom stereocenters. The van der Waals surface area contributed by atoms with Gasteiger partial charge in [-0.05, 0) is 30.7 Å². The summed E-state index contributed by atoms with van der Waals surface area (Å²) in [6.45, 7) is 1.99. The number of amides is 1. The average molecular weight is 367 g/mol. The summed E-state index contributed by atoms with van der Waals surface area (Å²) in [7, 11) is 1.51. The molecule has 0 spiro atoms. The highest BCUT2D eigenvalue weighted by atomic mass is 16.5. The fraction of sp³-hybridized carbons (Fsp3) is 0.333.